The zero-order valence-corrected chi connectivity index (χ0v) is 19.0. The minimum Gasteiger partial charge on any atom is -0.350 e. The van der Waals surface area contributed by atoms with E-state index >= 15 is 0 Å². The Morgan fingerprint density at radius 1 is 1.19 bits per heavy atom. The van der Waals surface area contributed by atoms with E-state index in [2.05, 4.69) is 15.2 Å². The summed E-state index contributed by atoms with van der Waals surface area (Å²) in [6.45, 7) is 3.85. The summed E-state index contributed by atoms with van der Waals surface area (Å²) < 4.78 is 14.1. The molecule has 2 heterocycles. The normalized spacial score (nSPS) is 26.4. The number of fused-ring (bicyclic) bond motifs is 1. The number of benzene rings is 1. The number of nitrogens with one attached hydrogen (secondary N) is 2. The largest absolute Gasteiger partial charge is 0.350 e. The number of hydrogen-bond acceptors (Lipinski definition) is 3. The molecule has 5 rings (SSSR count). The molecule has 2 amide bonds. The predicted octanol–water partition coefficient (Wildman–Crippen LogP) is 3.60. The number of aromatic amines is 1. The number of likely N-dealkylation sites (tertiary alicyclic amines) is 1. The van der Waals surface area contributed by atoms with Gasteiger partial charge in [0.1, 0.15) is 11.5 Å². The van der Waals surface area contributed by atoms with Crippen molar-refractivity contribution in [3.05, 3.63) is 35.3 Å². The predicted molar refractivity (Wildman–Crippen MR) is 122 cm³/mol. The molecule has 3 aliphatic rings. The second-order valence-corrected chi connectivity index (χ2v) is 9.99. The van der Waals surface area contributed by atoms with Gasteiger partial charge in [-0.2, -0.15) is 0 Å². The Morgan fingerprint density at radius 3 is 2.75 bits per heavy atom. The highest BCUT2D eigenvalue weighted by molar-refractivity contribution is 5.99. The summed E-state index contributed by atoms with van der Waals surface area (Å²) in [5, 5.41) is 3.64. The van der Waals surface area contributed by atoms with E-state index in [1.165, 1.54) is 6.07 Å². The maximum absolute atomic E-state index is 14.1. The summed E-state index contributed by atoms with van der Waals surface area (Å²) in [4.78, 5) is 32.9. The summed E-state index contributed by atoms with van der Waals surface area (Å²) in [6, 6.07) is 5.64. The van der Waals surface area contributed by atoms with Gasteiger partial charge in [-0.1, -0.05) is 6.07 Å². The van der Waals surface area contributed by atoms with Crippen LogP contribution in [0.1, 0.15) is 61.0 Å². The zero-order valence-electron chi connectivity index (χ0n) is 19.0. The third-order valence-corrected chi connectivity index (χ3v) is 7.71. The van der Waals surface area contributed by atoms with Crippen LogP contribution < -0.4 is 5.32 Å². The van der Waals surface area contributed by atoms with Crippen LogP contribution in [-0.4, -0.2) is 64.9 Å². The molecule has 1 saturated heterocycles. The third kappa shape index (κ3) is 4.15. The molecule has 0 spiro atoms. The Labute approximate surface area is 188 Å². The SMILES string of the molecule is Cc1ccc(F)c2cc(C(=O)N[C@@H]3CCC[C@H](N4CCC(N(C)C(=O)C5CC5)C4)C3)[nH]c12. The zero-order chi connectivity index (χ0) is 22.4. The third-order valence-electron chi connectivity index (χ3n) is 7.71. The molecular formula is C25H33FN4O2. The summed E-state index contributed by atoms with van der Waals surface area (Å²) in [5.74, 6) is 0.105. The number of rotatable bonds is 5. The van der Waals surface area contributed by atoms with Crippen molar-refractivity contribution in [1.29, 1.82) is 0 Å². The Bertz CT molecular complexity index is 991. The molecule has 2 aromatic rings. The van der Waals surface area contributed by atoms with Crippen molar-refractivity contribution in [2.75, 3.05) is 20.1 Å². The number of H-pyrrole nitrogens is 1. The van der Waals surface area contributed by atoms with Gasteiger partial charge in [-0.05, 0) is 69.6 Å². The van der Waals surface area contributed by atoms with E-state index < -0.39 is 0 Å². The molecule has 7 heteroatoms. The van der Waals surface area contributed by atoms with Crippen LogP contribution in [0.25, 0.3) is 10.9 Å². The van der Waals surface area contributed by atoms with Crippen molar-refractivity contribution < 1.29 is 14.0 Å². The number of hydrogen-bond donors (Lipinski definition) is 2. The monoisotopic (exact) mass is 440 g/mol. The van der Waals surface area contributed by atoms with E-state index in [0.717, 1.165) is 63.6 Å². The first-order chi connectivity index (χ1) is 15.4. The van der Waals surface area contributed by atoms with Crippen LogP contribution in [-0.2, 0) is 4.79 Å². The standard InChI is InChI=1S/C25H33FN4O2/c1-15-6-9-21(26)20-13-22(28-23(15)20)24(31)27-17-4-3-5-18(12-17)30-11-10-19(14-30)29(2)25(32)16-7-8-16/h6,9,13,16-19,28H,3-5,7-8,10-12,14H2,1-2H3,(H,27,31)/t17-,18+,19?/m1/s1. The average Bonchev–Trinajstić information content (AvgIpc) is 3.33. The van der Waals surface area contributed by atoms with Crippen molar-refractivity contribution in [1.82, 2.24) is 20.1 Å². The van der Waals surface area contributed by atoms with Gasteiger partial charge in [-0.25, -0.2) is 4.39 Å². The number of likely N-dealkylation sites (N-methyl/N-ethyl adjacent to an activating group) is 1. The first-order valence-electron chi connectivity index (χ1n) is 12.0. The van der Waals surface area contributed by atoms with Crippen LogP contribution >= 0.6 is 0 Å². The quantitative estimate of drug-likeness (QED) is 0.747. The van der Waals surface area contributed by atoms with Gasteiger partial charge in [-0.3, -0.25) is 14.5 Å². The van der Waals surface area contributed by atoms with Crippen molar-refractivity contribution in [2.24, 2.45) is 5.92 Å². The van der Waals surface area contributed by atoms with Crippen LogP contribution in [0.3, 0.4) is 0 Å². The van der Waals surface area contributed by atoms with Gasteiger partial charge in [0.25, 0.3) is 5.91 Å². The second-order valence-electron chi connectivity index (χ2n) is 9.99. The van der Waals surface area contributed by atoms with Crippen LogP contribution in [0.2, 0.25) is 0 Å². The fourth-order valence-electron chi connectivity index (χ4n) is 5.55. The Kier molecular flexibility index (Phi) is 5.70. The molecule has 6 nitrogen and oxygen atoms in total. The van der Waals surface area contributed by atoms with Gasteiger partial charge >= 0.3 is 0 Å². The molecular weight excluding hydrogens is 407 g/mol. The Hall–Kier alpha value is -2.41. The van der Waals surface area contributed by atoms with Crippen LogP contribution in [0.4, 0.5) is 4.39 Å². The fraction of sp³-hybridized carbons (Fsp3) is 0.600. The summed E-state index contributed by atoms with van der Waals surface area (Å²) in [7, 11) is 1.96. The smallest absolute Gasteiger partial charge is 0.267 e. The Morgan fingerprint density at radius 2 is 2.00 bits per heavy atom. The lowest BCUT2D eigenvalue weighted by Crippen LogP contribution is -2.46. The maximum Gasteiger partial charge on any atom is 0.267 e. The van der Waals surface area contributed by atoms with Crippen molar-refractivity contribution in [2.45, 2.75) is 70.0 Å². The number of aryl methyl sites for hydroxylation is 1. The van der Waals surface area contributed by atoms with Gasteiger partial charge in [0.15, 0.2) is 0 Å². The molecule has 3 fully saturated rings. The molecule has 1 aromatic carbocycles. The van der Waals surface area contributed by atoms with Gasteiger partial charge in [0.2, 0.25) is 5.91 Å². The second kappa shape index (κ2) is 8.50. The topological polar surface area (TPSA) is 68.4 Å². The van der Waals surface area contributed by atoms with Crippen molar-refractivity contribution in [3.8, 4) is 0 Å². The summed E-state index contributed by atoms with van der Waals surface area (Å²) >= 11 is 0. The molecule has 1 aromatic heterocycles. The molecule has 172 valence electrons. The minimum atomic E-state index is -0.313. The van der Waals surface area contributed by atoms with Crippen LogP contribution in [0, 0.1) is 18.7 Å². The summed E-state index contributed by atoms with van der Waals surface area (Å²) in [6.07, 6.45) is 7.23. The number of aromatic nitrogens is 1. The number of halogens is 1. The lowest BCUT2D eigenvalue weighted by molar-refractivity contribution is -0.133. The number of carbonyl (C=O) groups is 2. The number of amides is 2. The maximum atomic E-state index is 14.1. The number of carbonyl (C=O) groups excluding carboxylic acids is 2. The highest BCUT2D eigenvalue weighted by Crippen LogP contribution is 2.33. The molecule has 1 unspecified atom stereocenters. The number of nitrogens with zero attached hydrogens (tertiary/aromatic N) is 2. The lowest BCUT2D eigenvalue weighted by Gasteiger charge is -2.36. The van der Waals surface area contributed by atoms with Crippen molar-refractivity contribution >= 4 is 22.7 Å². The van der Waals surface area contributed by atoms with Crippen LogP contribution in [0.5, 0.6) is 0 Å². The molecule has 0 radical (unpaired) electrons. The highest BCUT2D eigenvalue weighted by Gasteiger charge is 2.38. The highest BCUT2D eigenvalue weighted by atomic mass is 19.1. The lowest BCUT2D eigenvalue weighted by atomic mass is 9.90. The van der Waals surface area contributed by atoms with E-state index in [1.807, 2.05) is 18.9 Å². The van der Waals surface area contributed by atoms with Crippen LogP contribution in [0.15, 0.2) is 18.2 Å². The van der Waals surface area contributed by atoms with Gasteiger partial charge < -0.3 is 15.2 Å². The van der Waals surface area contributed by atoms with Crippen molar-refractivity contribution in [3.63, 3.8) is 0 Å². The van der Waals surface area contributed by atoms with Gasteiger partial charge in [0.05, 0.1) is 5.52 Å². The summed E-state index contributed by atoms with van der Waals surface area (Å²) in [5.41, 5.74) is 2.02. The van der Waals surface area contributed by atoms with E-state index in [1.54, 1.807) is 12.1 Å². The molecule has 3 atom stereocenters. The first-order valence-corrected chi connectivity index (χ1v) is 12.0. The minimum absolute atomic E-state index is 0.114. The molecule has 2 saturated carbocycles. The fourth-order valence-corrected chi connectivity index (χ4v) is 5.55. The molecule has 2 aliphatic carbocycles. The molecule has 2 N–H and O–H groups in total. The van der Waals surface area contributed by atoms with E-state index in [4.69, 9.17) is 0 Å². The van der Waals surface area contributed by atoms with E-state index in [9.17, 15) is 14.0 Å². The van der Waals surface area contributed by atoms with E-state index in [0.29, 0.717) is 34.6 Å². The van der Waals surface area contributed by atoms with Gasteiger partial charge in [0, 0.05) is 49.6 Å². The molecule has 0 bridgehead atoms. The first kappa shape index (κ1) is 21.4. The van der Waals surface area contributed by atoms with E-state index in [-0.39, 0.29) is 23.7 Å². The van der Waals surface area contributed by atoms with Gasteiger partial charge in [-0.15, -0.1) is 0 Å². The Balaban J connectivity index is 1.19. The average molecular weight is 441 g/mol. The molecule has 1 aliphatic heterocycles. The molecule has 32 heavy (non-hydrogen) atoms.